The Morgan fingerprint density at radius 3 is 2.72 bits per heavy atom. The molecule has 1 saturated heterocycles. The van der Waals surface area contributed by atoms with Crippen LogP contribution in [0.4, 0.5) is 0 Å². The Hall–Kier alpha value is 0.220. The molecular weight excluding hydrogens is 268 g/mol. The molecule has 1 rings (SSSR count). The number of rotatable bonds is 8. The number of hydrogen-bond donors (Lipinski definition) is 2. The van der Waals surface area contributed by atoms with Gasteiger partial charge in [0.15, 0.2) is 0 Å². The smallest absolute Gasteiger partial charge is 0.211 e. The molecule has 0 aromatic rings. The summed E-state index contributed by atoms with van der Waals surface area (Å²) in [6.07, 6.45) is 3.75. The molecule has 0 aromatic carbocycles. The third-order valence-electron chi connectivity index (χ3n) is 2.90. The zero-order valence-electron chi connectivity index (χ0n) is 11.4. The first-order valence-corrected chi connectivity index (χ1v) is 9.61. The van der Waals surface area contributed by atoms with Crippen LogP contribution in [0.1, 0.15) is 39.5 Å². The molecule has 2 N–H and O–H groups in total. The van der Waals surface area contributed by atoms with Crippen LogP contribution in [0.2, 0.25) is 0 Å². The maximum atomic E-state index is 11.9. The van der Waals surface area contributed by atoms with Crippen molar-refractivity contribution in [3.63, 3.8) is 0 Å². The molecule has 6 heteroatoms. The van der Waals surface area contributed by atoms with Crippen LogP contribution in [0, 0.1) is 0 Å². The largest absolute Gasteiger partial charge is 0.315 e. The van der Waals surface area contributed by atoms with E-state index in [1.165, 1.54) is 5.75 Å². The Labute approximate surface area is 116 Å². The van der Waals surface area contributed by atoms with Gasteiger partial charge in [-0.3, -0.25) is 0 Å². The van der Waals surface area contributed by atoms with Crippen LogP contribution in [0.5, 0.6) is 0 Å². The highest BCUT2D eigenvalue weighted by Gasteiger charge is 2.19. The summed E-state index contributed by atoms with van der Waals surface area (Å²) in [4.78, 5) is 0. The number of thioether (sulfide) groups is 1. The summed E-state index contributed by atoms with van der Waals surface area (Å²) in [5.74, 6) is 2.35. The van der Waals surface area contributed by atoms with Gasteiger partial charge >= 0.3 is 0 Å². The molecule has 1 heterocycles. The lowest BCUT2D eigenvalue weighted by atomic mass is 10.2. The molecule has 0 bridgehead atoms. The number of sulfonamides is 1. The molecule has 1 unspecified atom stereocenters. The quantitative estimate of drug-likeness (QED) is 0.667. The molecular formula is C12H26N2O2S2. The fourth-order valence-corrected chi connectivity index (χ4v) is 4.54. The molecule has 1 atom stereocenters. The van der Waals surface area contributed by atoms with Gasteiger partial charge in [0.2, 0.25) is 10.0 Å². The van der Waals surface area contributed by atoms with E-state index < -0.39 is 10.0 Å². The molecule has 0 spiro atoms. The fraction of sp³-hybridized carbons (Fsp3) is 1.00. The lowest BCUT2D eigenvalue weighted by molar-refractivity contribution is 0.534. The van der Waals surface area contributed by atoms with Crippen LogP contribution in [0.25, 0.3) is 0 Å². The lowest BCUT2D eigenvalue weighted by Gasteiger charge is -2.22. The Balaban J connectivity index is 2.14. The van der Waals surface area contributed by atoms with Crippen LogP contribution < -0.4 is 10.0 Å². The van der Waals surface area contributed by atoms with Crippen molar-refractivity contribution >= 4 is 21.8 Å². The van der Waals surface area contributed by atoms with Crippen LogP contribution in [0.3, 0.4) is 0 Å². The molecule has 1 aliphatic heterocycles. The second-order valence-corrected chi connectivity index (χ2v) is 8.19. The maximum absolute atomic E-state index is 11.9. The number of hydrogen-bond acceptors (Lipinski definition) is 4. The van der Waals surface area contributed by atoms with E-state index in [-0.39, 0.29) is 11.8 Å². The zero-order valence-corrected chi connectivity index (χ0v) is 13.1. The van der Waals surface area contributed by atoms with Crippen LogP contribution in [-0.2, 0) is 10.0 Å². The van der Waals surface area contributed by atoms with E-state index >= 15 is 0 Å². The first-order valence-electron chi connectivity index (χ1n) is 6.81. The summed E-state index contributed by atoms with van der Waals surface area (Å²) < 4.78 is 26.5. The second-order valence-electron chi connectivity index (χ2n) is 5.17. The highest BCUT2D eigenvalue weighted by atomic mass is 32.2. The van der Waals surface area contributed by atoms with Crippen molar-refractivity contribution in [2.24, 2.45) is 0 Å². The highest BCUT2D eigenvalue weighted by Crippen LogP contribution is 2.17. The van der Waals surface area contributed by atoms with Crippen LogP contribution in [-0.4, -0.2) is 44.3 Å². The average molecular weight is 294 g/mol. The molecule has 1 aliphatic rings. The van der Waals surface area contributed by atoms with Gasteiger partial charge in [0.1, 0.15) is 0 Å². The van der Waals surface area contributed by atoms with Gasteiger partial charge in [-0.1, -0.05) is 13.8 Å². The molecule has 0 aliphatic carbocycles. The van der Waals surface area contributed by atoms with E-state index in [9.17, 15) is 8.42 Å². The maximum Gasteiger partial charge on any atom is 0.211 e. The molecule has 108 valence electrons. The Morgan fingerprint density at radius 1 is 1.33 bits per heavy atom. The van der Waals surface area contributed by atoms with Gasteiger partial charge in [0.25, 0.3) is 0 Å². The molecule has 0 aromatic heterocycles. The van der Waals surface area contributed by atoms with Crippen molar-refractivity contribution in [1.29, 1.82) is 0 Å². The van der Waals surface area contributed by atoms with E-state index in [1.807, 2.05) is 11.8 Å². The number of nitrogens with one attached hydrogen (secondary N) is 2. The van der Waals surface area contributed by atoms with Crippen molar-refractivity contribution in [2.75, 3.05) is 23.8 Å². The fourth-order valence-electron chi connectivity index (χ4n) is 1.95. The van der Waals surface area contributed by atoms with Crippen LogP contribution >= 0.6 is 11.8 Å². The summed E-state index contributed by atoms with van der Waals surface area (Å²) in [6, 6.07) is 0.626. The van der Waals surface area contributed by atoms with E-state index in [2.05, 4.69) is 23.9 Å². The van der Waals surface area contributed by atoms with Gasteiger partial charge in [0, 0.05) is 17.8 Å². The van der Waals surface area contributed by atoms with E-state index in [4.69, 9.17) is 0 Å². The zero-order chi connectivity index (χ0) is 13.4. The number of unbranched alkanes of at least 4 members (excludes halogenated alkanes) is 1. The van der Waals surface area contributed by atoms with Gasteiger partial charge in [-0.05, 0) is 38.0 Å². The van der Waals surface area contributed by atoms with E-state index in [0.29, 0.717) is 6.04 Å². The average Bonchev–Trinajstić information content (AvgIpc) is 2.28. The third-order valence-corrected chi connectivity index (χ3v) is 5.63. The van der Waals surface area contributed by atoms with Gasteiger partial charge in [-0.2, -0.15) is 11.8 Å². The van der Waals surface area contributed by atoms with E-state index in [1.54, 1.807) is 0 Å². The summed E-state index contributed by atoms with van der Waals surface area (Å²) in [5, 5.41) is 3.29. The third kappa shape index (κ3) is 7.61. The van der Waals surface area contributed by atoms with Crippen molar-refractivity contribution < 1.29 is 8.42 Å². The lowest BCUT2D eigenvalue weighted by Crippen LogP contribution is -2.39. The van der Waals surface area contributed by atoms with Gasteiger partial charge in [-0.15, -0.1) is 0 Å². The summed E-state index contributed by atoms with van der Waals surface area (Å²) >= 11 is 1.84. The topological polar surface area (TPSA) is 58.2 Å². The monoisotopic (exact) mass is 294 g/mol. The standard InChI is InChI=1S/C12H26N2O2S2/c1-11(2)13-7-3-4-9-18(15,16)14-12-6-5-8-17-10-12/h11-14H,3-10H2,1-2H3. The molecule has 0 amide bonds. The Kier molecular flexibility index (Phi) is 7.60. The summed E-state index contributed by atoms with van der Waals surface area (Å²) in [7, 11) is -3.07. The van der Waals surface area contributed by atoms with Crippen LogP contribution in [0.15, 0.2) is 0 Å². The summed E-state index contributed by atoms with van der Waals surface area (Å²) in [5.41, 5.74) is 0. The van der Waals surface area contributed by atoms with Gasteiger partial charge in [-0.25, -0.2) is 13.1 Å². The molecule has 0 radical (unpaired) electrons. The Bertz CT molecular complexity index is 312. The molecule has 18 heavy (non-hydrogen) atoms. The summed E-state index contributed by atoms with van der Waals surface area (Å²) in [6.45, 7) is 5.09. The van der Waals surface area contributed by atoms with E-state index in [0.717, 1.165) is 38.0 Å². The predicted octanol–water partition coefficient (Wildman–Crippen LogP) is 1.58. The van der Waals surface area contributed by atoms with Crippen molar-refractivity contribution in [3.8, 4) is 0 Å². The van der Waals surface area contributed by atoms with Crippen molar-refractivity contribution in [1.82, 2.24) is 10.0 Å². The first-order chi connectivity index (χ1) is 8.49. The predicted molar refractivity (Wildman–Crippen MR) is 79.6 cm³/mol. The second kappa shape index (κ2) is 8.40. The minimum absolute atomic E-state index is 0.155. The molecule has 4 nitrogen and oxygen atoms in total. The molecule has 0 saturated carbocycles. The first kappa shape index (κ1) is 16.3. The van der Waals surface area contributed by atoms with Gasteiger partial charge < -0.3 is 5.32 Å². The van der Waals surface area contributed by atoms with Crippen molar-refractivity contribution in [3.05, 3.63) is 0 Å². The highest BCUT2D eigenvalue weighted by molar-refractivity contribution is 7.99. The minimum atomic E-state index is -3.07. The normalized spacial score (nSPS) is 21.4. The Morgan fingerprint density at radius 2 is 2.11 bits per heavy atom. The SMILES string of the molecule is CC(C)NCCCCS(=O)(=O)NC1CCCSC1. The van der Waals surface area contributed by atoms with Gasteiger partial charge in [0.05, 0.1) is 5.75 Å². The van der Waals surface area contributed by atoms with Crippen molar-refractivity contribution in [2.45, 2.75) is 51.6 Å². The minimum Gasteiger partial charge on any atom is -0.315 e. The molecule has 1 fully saturated rings.